The van der Waals surface area contributed by atoms with Gasteiger partial charge < -0.3 is 14.3 Å². The Balaban J connectivity index is 2.13. The fourth-order valence-electron chi connectivity index (χ4n) is 2.08. The number of H-pyrrole nitrogens is 1. The summed E-state index contributed by atoms with van der Waals surface area (Å²) in [5.74, 6) is 1.50. The van der Waals surface area contributed by atoms with Crippen molar-refractivity contribution in [3.05, 3.63) is 35.1 Å². The summed E-state index contributed by atoms with van der Waals surface area (Å²) >= 11 is 5.36. The molecule has 0 aliphatic rings. The Morgan fingerprint density at radius 1 is 1.42 bits per heavy atom. The maximum absolute atomic E-state index is 5.36. The minimum Gasteiger partial charge on any atom is -0.494 e. The van der Waals surface area contributed by atoms with E-state index in [1.54, 1.807) is 18.1 Å². The third-order valence-corrected chi connectivity index (χ3v) is 3.26. The highest BCUT2D eigenvalue weighted by Crippen LogP contribution is 2.24. The molecule has 0 aliphatic carbocycles. The van der Waals surface area contributed by atoms with Crippen LogP contribution in [0.4, 0.5) is 0 Å². The zero-order valence-electron chi connectivity index (χ0n) is 10.6. The minimum absolute atomic E-state index is 0.535. The zero-order chi connectivity index (χ0) is 13.4. The first kappa shape index (κ1) is 11.9. The van der Waals surface area contributed by atoms with E-state index in [2.05, 4.69) is 15.1 Å². The van der Waals surface area contributed by atoms with E-state index in [0.29, 0.717) is 11.3 Å². The molecule has 0 saturated carbocycles. The summed E-state index contributed by atoms with van der Waals surface area (Å²) in [6.07, 6.45) is 1.67. The van der Waals surface area contributed by atoms with Gasteiger partial charge in [-0.15, -0.1) is 0 Å². The zero-order valence-corrected chi connectivity index (χ0v) is 11.4. The van der Waals surface area contributed by atoms with Crippen LogP contribution in [-0.4, -0.2) is 31.4 Å². The lowest BCUT2D eigenvalue weighted by Crippen LogP contribution is -2.02. The van der Waals surface area contributed by atoms with Gasteiger partial charge in [0.15, 0.2) is 10.6 Å². The second-order valence-corrected chi connectivity index (χ2v) is 4.59. The molecule has 0 radical (unpaired) electrons. The topological polar surface area (TPSA) is 60.7 Å². The molecule has 1 N–H and O–H groups in total. The van der Waals surface area contributed by atoms with Crippen LogP contribution in [0.3, 0.4) is 0 Å². The molecule has 0 atom stereocenters. The third kappa shape index (κ3) is 2.01. The molecule has 0 spiro atoms. The summed E-state index contributed by atoms with van der Waals surface area (Å²) in [5.41, 5.74) is 1.88. The van der Waals surface area contributed by atoms with E-state index >= 15 is 0 Å². The van der Waals surface area contributed by atoms with Gasteiger partial charge in [-0.3, -0.25) is 4.68 Å². The fourth-order valence-corrected chi connectivity index (χ4v) is 2.34. The molecule has 6 nitrogen and oxygen atoms in total. The maximum atomic E-state index is 5.36. The van der Waals surface area contributed by atoms with Crippen LogP contribution in [-0.2, 0) is 13.6 Å². The van der Waals surface area contributed by atoms with Gasteiger partial charge in [-0.25, -0.2) is 4.98 Å². The molecular formula is C12H13N5OS. The van der Waals surface area contributed by atoms with E-state index in [-0.39, 0.29) is 0 Å². The molecule has 1 aromatic carbocycles. The van der Waals surface area contributed by atoms with Crippen molar-refractivity contribution in [3.63, 3.8) is 0 Å². The van der Waals surface area contributed by atoms with Crippen LogP contribution in [0.15, 0.2) is 24.5 Å². The molecule has 7 heteroatoms. The van der Waals surface area contributed by atoms with Gasteiger partial charge in [-0.05, 0) is 24.4 Å². The lowest BCUT2D eigenvalue weighted by molar-refractivity contribution is 0.419. The first-order chi connectivity index (χ1) is 9.19. The molecule has 2 heterocycles. The Labute approximate surface area is 114 Å². The maximum Gasteiger partial charge on any atom is 0.178 e. The Bertz CT molecular complexity index is 785. The Morgan fingerprint density at radius 3 is 2.95 bits per heavy atom. The number of nitrogens with one attached hydrogen (secondary N) is 1. The summed E-state index contributed by atoms with van der Waals surface area (Å²) in [5, 5.41) is 4.27. The predicted octanol–water partition coefficient (Wildman–Crippen LogP) is 1.88. The van der Waals surface area contributed by atoms with Crippen LogP contribution >= 0.6 is 12.2 Å². The van der Waals surface area contributed by atoms with Crippen molar-refractivity contribution in [1.82, 2.24) is 24.3 Å². The molecular weight excluding hydrogens is 262 g/mol. The second-order valence-electron chi connectivity index (χ2n) is 4.21. The number of para-hydroxylation sites is 1. The van der Waals surface area contributed by atoms with Gasteiger partial charge in [-0.2, -0.15) is 5.10 Å². The molecule has 0 unspecified atom stereocenters. The third-order valence-electron chi connectivity index (χ3n) is 2.94. The molecule has 19 heavy (non-hydrogen) atoms. The van der Waals surface area contributed by atoms with E-state index < -0.39 is 0 Å². The number of ether oxygens (including phenoxy) is 1. The number of nitrogens with zero attached hydrogens (tertiary/aromatic N) is 4. The lowest BCUT2D eigenvalue weighted by atomic mass is 10.3. The number of rotatable bonds is 3. The van der Waals surface area contributed by atoms with Gasteiger partial charge in [0.2, 0.25) is 0 Å². The number of hydrogen-bond donors (Lipinski definition) is 1. The first-order valence-electron chi connectivity index (χ1n) is 5.79. The van der Waals surface area contributed by atoms with Crippen LogP contribution in [0.2, 0.25) is 0 Å². The summed E-state index contributed by atoms with van der Waals surface area (Å²) in [6.45, 7) is 0.535. The van der Waals surface area contributed by atoms with E-state index in [1.807, 2.05) is 29.8 Å². The summed E-state index contributed by atoms with van der Waals surface area (Å²) in [7, 11) is 3.48. The molecule has 98 valence electrons. The molecule has 0 saturated heterocycles. The van der Waals surface area contributed by atoms with Crippen LogP contribution in [0, 0.1) is 4.77 Å². The van der Waals surface area contributed by atoms with Crippen LogP contribution in [0.25, 0.3) is 11.0 Å². The predicted molar refractivity (Wildman–Crippen MR) is 73.8 cm³/mol. The van der Waals surface area contributed by atoms with Crippen molar-refractivity contribution in [2.24, 2.45) is 7.05 Å². The van der Waals surface area contributed by atoms with Crippen molar-refractivity contribution < 1.29 is 4.74 Å². The van der Waals surface area contributed by atoms with Crippen LogP contribution in [0.1, 0.15) is 5.82 Å². The Hall–Kier alpha value is -2.15. The number of aromatic amines is 1. The highest BCUT2D eigenvalue weighted by molar-refractivity contribution is 7.71. The molecule has 0 bridgehead atoms. The van der Waals surface area contributed by atoms with Gasteiger partial charge in [0, 0.05) is 7.05 Å². The van der Waals surface area contributed by atoms with Crippen molar-refractivity contribution >= 4 is 23.3 Å². The number of hydrogen-bond acceptors (Lipinski definition) is 4. The molecule has 0 aliphatic heterocycles. The SMILES string of the molecule is COc1cccc2c1[nH]c(=S)n2Cc1ncn(C)n1. The van der Waals surface area contributed by atoms with Crippen molar-refractivity contribution in [2.75, 3.05) is 7.11 Å². The number of imidazole rings is 1. The molecule has 0 fully saturated rings. The number of aryl methyl sites for hydroxylation is 1. The van der Waals surface area contributed by atoms with Crippen molar-refractivity contribution in [2.45, 2.75) is 6.54 Å². The largest absolute Gasteiger partial charge is 0.494 e. The number of aromatic nitrogens is 5. The second kappa shape index (κ2) is 4.51. The standard InChI is InChI=1S/C12H13N5OS/c1-16-7-13-10(15-16)6-17-8-4-3-5-9(18-2)11(8)14-12(17)19/h3-5,7H,6H2,1-2H3,(H,14,19). The van der Waals surface area contributed by atoms with Crippen LogP contribution in [0.5, 0.6) is 5.75 Å². The Morgan fingerprint density at radius 2 is 2.26 bits per heavy atom. The van der Waals surface area contributed by atoms with E-state index in [1.165, 1.54) is 0 Å². The average molecular weight is 275 g/mol. The van der Waals surface area contributed by atoms with E-state index in [0.717, 1.165) is 22.6 Å². The summed E-state index contributed by atoms with van der Waals surface area (Å²) in [4.78, 5) is 7.38. The van der Waals surface area contributed by atoms with Crippen molar-refractivity contribution in [1.29, 1.82) is 0 Å². The number of methoxy groups -OCH3 is 1. The minimum atomic E-state index is 0.535. The first-order valence-corrected chi connectivity index (χ1v) is 6.20. The molecule has 2 aromatic heterocycles. The molecule has 0 amide bonds. The van der Waals surface area contributed by atoms with Gasteiger partial charge in [-0.1, -0.05) is 6.07 Å². The van der Waals surface area contributed by atoms with Gasteiger partial charge in [0.05, 0.1) is 19.2 Å². The van der Waals surface area contributed by atoms with E-state index in [4.69, 9.17) is 17.0 Å². The van der Waals surface area contributed by atoms with Crippen LogP contribution < -0.4 is 4.74 Å². The Kier molecular flexibility index (Phi) is 2.83. The molecule has 3 aromatic rings. The highest BCUT2D eigenvalue weighted by atomic mass is 32.1. The summed E-state index contributed by atoms with van der Waals surface area (Å²) in [6, 6.07) is 5.83. The lowest BCUT2D eigenvalue weighted by Gasteiger charge is -2.03. The van der Waals surface area contributed by atoms with Crippen molar-refractivity contribution in [3.8, 4) is 5.75 Å². The smallest absolute Gasteiger partial charge is 0.178 e. The molecule has 3 rings (SSSR count). The monoisotopic (exact) mass is 275 g/mol. The van der Waals surface area contributed by atoms with Gasteiger partial charge in [0.1, 0.15) is 17.6 Å². The fraction of sp³-hybridized carbons (Fsp3) is 0.250. The normalized spacial score (nSPS) is 11.1. The number of fused-ring (bicyclic) bond motifs is 1. The quantitative estimate of drug-likeness (QED) is 0.741. The highest BCUT2D eigenvalue weighted by Gasteiger charge is 2.10. The average Bonchev–Trinajstić information content (AvgIpc) is 2.94. The number of benzene rings is 1. The van der Waals surface area contributed by atoms with E-state index in [9.17, 15) is 0 Å². The van der Waals surface area contributed by atoms with Gasteiger partial charge >= 0.3 is 0 Å². The van der Waals surface area contributed by atoms with Gasteiger partial charge in [0.25, 0.3) is 0 Å². The summed E-state index contributed by atoms with van der Waals surface area (Å²) < 4.78 is 9.59.